The van der Waals surface area contributed by atoms with E-state index in [4.69, 9.17) is 9.84 Å². The molecule has 0 bridgehead atoms. The van der Waals surface area contributed by atoms with Crippen LogP contribution in [0.3, 0.4) is 0 Å². The van der Waals surface area contributed by atoms with Crippen LogP contribution in [-0.2, 0) is 4.74 Å². The average molecular weight is 309 g/mol. The summed E-state index contributed by atoms with van der Waals surface area (Å²) in [5, 5.41) is 13.3. The molecular formula is C16H23NO3S. The standard InChI is InChI=1S/C16H23NO3S/c1-2-3-10-20-11-6-8-17-16(19)14-12-15(21-13-14)7-4-5-9-18/h12-13,18H,2-3,5-6,8-11H2,1H3,(H,17,19). The minimum atomic E-state index is -0.0741. The zero-order chi connectivity index (χ0) is 15.3. The Morgan fingerprint density at radius 3 is 3.00 bits per heavy atom. The van der Waals surface area contributed by atoms with Gasteiger partial charge in [-0.1, -0.05) is 25.2 Å². The summed E-state index contributed by atoms with van der Waals surface area (Å²) in [5.41, 5.74) is 0.639. The van der Waals surface area contributed by atoms with Crippen LogP contribution in [0.4, 0.5) is 0 Å². The van der Waals surface area contributed by atoms with Gasteiger partial charge in [-0.05, 0) is 18.9 Å². The van der Waals surface area contributed by atoms with Gasteiger partial charge in [0, 0.05) is 31.6 Å². The Morgan fingerprint density at radius 2 is 2.24 bits per heavy atom. The van der Waals surface area contributed by atoms with Crippen molar-refractivity contribution >= 4 is 17.2 Å². The summed E-state index contributed by atoms with van der Waals surface area (Å²) in [7, 11) is 0. The molecule has 5 heteroatoms. The molecule has 0 unspecified atom stereocenters. The third kappa shape index (κ3) is 7.86. The number of hydrogen-bond donors (Lipinski definition) is 2. The maximum Gasteiger partial charge on any atom is 0.252 e. The second kappa shape index (κ2) is 11.3. The lowest BCUT2D eigenvalue weighted by molar-refractivity contribution is 0.0941. The zero-order valence-electron chi connectivity index (χ0n) is 12.5. The van der Waals surface area contributed by atoms with E-state index in [2.05, 4.69) is 24.1 Å². The molecule has 0 saturated heterocycles. The van der Waals surface area contributed by atoms with Gasteiger partial charge < -0.3 is 15.2 Å². The Kier molecular flexibility index (Phi) is 9.55. The summed E-state index contributed by atoms with van der Waals surface area (Å²) in [6.07, 6.45) is 3.50. The lowest BCUT2D eigenvalue weighted by Crippen LogP contribution is -2.24. The third-order valence-corrected chi connectivity index (χ3v) is 3.55. The number of unbranched alkanes of at least 4 members (excludes halogenated alkanes) is 1. The molecule has 0 aliphatic carbocycles. The molecule has 0 aliphatic rings. The van der Waals surface area contributed by atoms with E-state index in [-0.39, 0.29) is 12.5 Å². The highest BCUT2D eigenvalue weighted by Gasteiger charge is 2.06. The number of aliphatic hydroxyl groups excluding tert-OH is 1. The molecule has 0 saturated carbocycles. The quantitative estimate of drug-likeness (QED) is 0.544. The van der Waals surface area contributed by atoms with Crippen molar-refractivity contribution in [2.24, 2.45) is 0 Å². The molecule has 1 amide bonds. The minimum absolute atomic E-state index is 0.0616. The first kappa shape index (κ1) is 17.7. The molecule has 2 N–H and O–H groups in total. The fourth-order valence-corrected chi connectivity index (χ4v) is 2.31. The van der Waals surface area contributed by atoms with Gasteiger partial charge in [-0.3, -0.25) is 4.79 Å². The van der Waals surface area contributed by atoms with Gasteiger partial charge in [0.05, 0.1) is 17.0 Å². The van der Waals surface area contributed by atoms with Gasteiger partial charge in [-0.25, -0.2) is 0 Å². The zero-order valence-corrected chi connectivity index (χ0v) is 13.3. The van der Waals surface area contributed by atoms with E-state index < -0.39 is 0 Å². The van der Waals surface area contributed by atoms with Gasteiger partial charge in [0.25, 0.3) is 5.91 Å². The summed E-state index contributed by atoms with van der Waals surface area (Å²) >= 11 is 1.44. The van der Waals surface area contributed by atoms with Crippen molar-refractivity contribution in [1.29, 1.82) is 0 Å². The van der Waals surface area contributed by atoms with Crippen molar-refractivity contribution in [3.8, 4) is 11.8 Å². The van der Waals surface area contributed by atoms with Crippen molar-refractivity contribution in [2.75, 3.05) is 26.4 Å². The third-order valence-electron chi connectivity index (χ3n) is 2.70. The summed E-state index contributed by atoms with van der Waals surface area (Å²) in [6.45, 7) is 4.29. The first-order chi connectivity index (χ1) is 10.3. The Morgan fingerprint density at radius 1 is 1.43 bits per heavy atom. The van der Waals surface area contributed by atoms with Gasteiger partial charge in [0.1, 0.15) is 0 Å². The molecule has 1 aromatic rings. The first-order valence-corrected chi connectivity index (χ1v) is 8.20. The Balaban J connectivity index is 2.22. The summed E-state index contributed by atoms with van der Waals surface area (Å²) in [4.78, 5) is 12.7. The van der Waals surface area contributed by atoms with Gasteiger partial charge in [0.15, 0.2) is 0 Å². The van der Waals surface area contributed by atoms with Crippen LogP contribution < -0.4 is 5.32 Å². The maximum atomic E-state index is 11.9. The van der Waals surface area contributed by atoms with E-state index >= 15 is 0 Å². The van der Waals surface area contributed by atoms with Crippen LogP contribution >= 0.6 is 11.3 Å². The number of amides is 1. The van der Waals surface area contributed by atoms with Crippen molar-refractivity contribution in [3.63, 3.8) is 0 Å². The number of ether oxygens (including phenoxy) is 1. The number of rotatable bonds is 9. The summed E-state index contributed by atoms with van der Waals surface area (Å²) < 4.78 is 5.43. The monoisotopic (exact) mass is 309 g/mol. The Labute approximate surface area is 130 Å². The molecule has 1 heterocycles. The molecule has 0 spiro atoms. The number of hydrogen-bond acceptors (Lipinski definition) is 4. The van der Waals surface area contributed by atoms with Crippen LogP contribution in [0.15, 0.2) is 11.4 Å². The van der Waals surface area contributed by atoms with E-state index in [1.807, 2.05) is 0 Å². The second-order valence-electron chi connectivity index (χ2n) is 4.55. The number of nitrogens with one attached hydrogen (secondary N) is 1. The predicted octanol–water partition coefficient (Wildman–Crippen LogP) is 2.42. The summed E-state index contributed by atoms with van der Waals surface area (Å²) in [5.74, 6) is 5.69. The van der Waals surface area contributed by atoms with Crippen LogP contribution in [0.2, 0.25) is 0 Å². The second-order valence-corrected chi connectivity index (χ2v) is 5.46. The highest BCUT2D eigenvalue weighted by atomic mass is 32.1. The van der Waals surface area contributed by atoms with Crippen molar-refractivity contribution < 1.29 is 14.6 Å². The predicted molar refractivity (Wildman–Crippen MR) is 85.6 cm³/mol. The molecule has 0 fully saturated rings. The highest BCUT2D eigenvalue weighted by molar-refractivity contribution is 7.10. The average Bonchev–Trinajstić information content (AvgIpc) is 2.95. The van der Waals surface area contributed by atoms with E-state index in [9.17, 15) is 4.79 Å². The molecule has 21 heavy (non-hydrogen) atoms. The largest absolute Gasteiger partial charge is 0.395 e. The number of carbonyl (C=O) groups excluding carboxylic acids is 1. The lowest BCUT2D eigenvalue weighted by atomic mass is 10.3. The summed E-state index contributed by atoms with van der Waals surface area (Å²) in [6, 6.07) is 1.78. The van der Waals surface area contributed by atoms with Crippen LogP contribution in [0, 0.1) is 11.8 Å². The molecule has 0 atom stereocenters. The molecule has 0 radical (unpaired) electrons. The molecule has 1 rings (SSSR count). The van der Waals surface area contributed by atoms with E-state index in [0.717, 1.165) is 30.7 Å². The smallest absolute Gasteiger partial charge is 0.252 e. The lowest BCUT2D eigenvalue weighted by Gasteiger charge is -2.04. The minimum Gasteiger partial charge on any atom is -0.395 e. The van der Waals surface area contributed by atoms with Gasteiger partial charge in [0.2, 0.25) is 0 Å². The van der Waals surface area contributed by atoms with Gasteiger partial charge >= 0.3 is 0 Å². The maximum absolute atomic E-state index is 11.9. The number of thiophene rings is 1. The Hall–Kier alpha value is -1.35. The van der Waals surface area contributed by atoms with Crippen LogP contribution in [0.5, 0.6) is 0 Å². The fraction of sp³-hybridized carbons (Fsp3) is 0.562. The molecule has 116 valence electrons. The van der Waals surface area contributed by atoms with E-state index in [0.29, 0.717) is 25.1 Å². The van der Waals surface area contributed by atoms with Crippen molar-refractivity contribution in [2.45, 2.75) is 32.6 Å². The molecule has 0 aliphatic heterocycles. The molecule has 4 nitrogen and oxygen atoms in total. The van der Waals surface area contributed by atoms with Gasteiger partial charge in [-0.15, -0.1) is 11.3 Å². The number of carbonyl (C=O) groups is 1. The normalized spacial score (nSPS) is 10.0. The van der Waals surface area contributed by atoms with E-state index in [1.54, 1.807) is 11.4 Å². The highest BCUT2D eigenvalue weighted by Crippen LogP contribution is 2.13. The molecular weight excluding hydrogens is 286 g/mol. The van der Waals surface area contributed by atoms with Gasteiger partial charge in [-0.2, -0.15) is 0 Å². The topological polar surface area (TPSA) is 58.6 Å². The van der Waals surface area contributed by atoms with Crippen LogP contribution in [0.1, 0.15) is 47.8 Å². The molecule has 0 aromatic carbocycles. The van der Waals surface area contributed by atoms with Crippen LogP contribution in [0.25, 0.3) is 0 Å². The van der Waals surface area contributed by atoms with E-state index in [1.165, 1.54) is 11.3 Å². The van der Waals surface area contributed by atoms with Crippen molar-refractivity contribution in [1.82, 2.24) is 5.32 Å². The first-order valence-electron chi connectivity index (χ1n) is 7.32. The SMILES string of the molecule is CCCCOCCCNC(=O)c1csc(C#CCCO)c1. The van der Waals surface area contributed by atoms with Crippen LogP contribution in [-0.4, -0.2) is 37.4 Å². The number of aliphatic hydroxyl groups is 1. The Bertz CT molecular complexity index is 473. The van der Waals surface area contributed by atoms with Crippen molar-refractivity contribution in [3.05, 3.63) is 21.9 Å². The fourth-order valence-electron chi connectivity index (χ4n) is 1.55. The molecule has 1 aromatic heterocycles.